The first kappa shape index (κ1) is 17.1. The molecule has 1 N–H and O–H groups in total. The summed E-state index contributed by atoms with van der Waals surface area (Å²) in [5, 5.41) is 3.00. The molecule has 0 saturated carbocycles. The molecule has 25 heavy (non-hydrogen) atoms. The topological polar surface area (TPSA) is 59.8 Å². The zero-order valence-corrected chi connectivity index (χ0v) is 15.5. The maximum absolute atomic E-state index is 12.4. The molecular weight excluding hydrogens is 312 g/mol. The molecule has 3 aromatic rings. The van der Waals surface area contributed by atoms with Gasteiger partial charge in [0.25, 0.3) is 5.91 Å². The smallest absolute Gasteiger partial charge is 0.251 e. The minimum absolute atomic E-state index is 0.0766. The van der Waals surface area contributed by atoms with Crippen molar-refractivity contribution in [2.24, 2.45) is 7.05 Å². The van der Waals surface area contributed by atoms with Crippen molar-refractivity contribution < 1.29 is 4.79 Å². The van der Waals surface area contributed by atoms with E-state index in [9.17, 15) is 4.79 Å². The summed E-state index contributed by atoms with van der Waals surface area (Å²) in [5.74, 6) is -0.0766. The number of nitrogens with one attached hydrogen (secondary N) is 1. The number of carbonyl (C=O) groups is 1. The van der Waals surface area contributed by atoms with E-state index in [1.54, 1.807) is 6.07 Å². The Hall–Kier alpha value is -2.69. The van der Waals surface area contributed by atoms with Gasteiger partial charge in [-0.05, 0) is 63.9 Å². The zero-order chi connectivity index (χ0) is 18.1. The van der Waals surface area contributed by atoms with Crippen LogP contribution < -0.4 is 5.32 Å². The molecule has 3 rings (SSSR count). The Bertz CT molecular complexity index is 956. The molecule has 0 aliphatic rings. The lowest BCUT2D eigenvalue weighted by Gasteiger charge is -2.07. The van der Waals surface area contributed by atoms with Gasteiger partial charge in [0.1, 0.15) is 0 Å². The fourth-order valence-corrected chi connectivity index (χ4v) is 2.97. The molecule has 0 radical (unpaired) electrons. The van der Waals surface area contributed by atoms with Crippen LogP contribution in [0.15, 0.2) is 24.3 Å². The van der Waals surface area contributed by atoms with E-state index in [1.807, 2.05) is 26.0 Å². The van der Waals surface area contributed by atoms with E-state index in [2.05, 4.69) is 46.8 Å². The standard InChI is InChI=1S/C20H24N4O/c1-12-10-16(15(4)24(12)5)8-9-21-20(25)17-6-7-18-19(11-17)23-14(3)13(2)22-18/h6-7,10-11H,8-9H2,1-5H3,(H,21,25). The molecule has 0 fully saturated rings. The number of amides is 1. The highest BCUT2D eigenvalue weighted by Gasteiger charge is 2.10. The number of rotatable bonds is 4. The number of fused-ring (bicyclic) bond motifs is 1. The monoisotopic (exact) mass is 336 g/mol. The number of aryl methyl sites for hydroxylation is 3. The molecule has 0 bridgehead atoms. The molecule has 0 aliphatic carbocycles. The third-order valence-electron chi connectivity index (χ3n) is 4.90. The van der Waals surface area contributed by atoms with Crippen molar-refractivity contribution in [1.82, 2.24) is 19.9 Å². The highest BCUT2D eigenvalue weighted by Crippen LogP contribution is 2.15. The van der Waals surface area contributed by atoms with E-state index in [-0.39, 0.29) is 5.91 Å². The first-order chi connectivity index (χ1) is 11.9. The summed E-state index contributed by atoms with van der Waals surface area (Å²) < 4.78 is 2.17. The normalized spacial score (nSPS) is 11.1. The SMILES string of the molecule is Cc1nc2ccc(C(=O)NCCc3cc(C)n(C)c3C)cc2nc1C. The van der Waals surface area contributed by atoms with Gasteiger partial charge in [0.2, 0.25) is 0 Å². The van der Waals surface area contributed by atoms with Crippen LogP contribution in [0.2, 0.25) is 0 Å². The predicted molar refractivity (Wildman–Crippen MR) is 99.9 cm³/mol. The van der Waals surface area contributed by atoms with Gasteiger partial charge in [0.15, 0.2) is 0 Å². The Kier molecular flexibility index (Phi) is 4.57. The predicted octanol–water partition coefficient (Wildman–Crippen LogP) is 3.17. The fourth-order valence-electron chi connectivity index (χ4n) is 2.97. The van der Waals surface area contributed by atoms with Gasteiger partial charge in [-0.25, -0.2) is 9.97 Å². The molecule has 0 unspecified atom stereocenters. The third-order valence-corrected chi connectivity index (χ3v) is 4.90. The second-order valence-electron chi connectivity index (χ2n) is 6.56. The molecule has 2 aromatic heterocycles. The van der Waals surface area contributed by atoms with E-state index < -0.39 is 0 Å². The lowest BCUT2D eigenvalue weighted by Crippen LogP contribution is -2.25. The fraction of sp³-hybridized carbons (Fsp3) is 0.350. The van der Waals surface area contributed by atoms with Crippen LogP contribution in [0.5, 0.6) is 0 Å². The van der Waals surface area contributed by atoms with Crippen molar-refractivity contribution in [3.05, 3.63) is 58.2 Å². The average Bonchev–Trinajstić information content (AvgIpc) is 2.82. The van der Waals surface area contributed by atoms with Crippen LogP contribution in [-0.4, -0.2) is 27.0 Å². The average molecular weight is 336 g/mol. The molecule has 1 aromatic carbocycles. The van der Waals surface area contributed by atoms with Gasteiger partial charge < -0.3 is 9.88 Å². The Morgan fingerprint density at radius 2 is 1.72 bits per heavy atom. The Morgan fingerprint density at radius 3 is 2.36 bits per heavy atom. The van der Waals surface area contributed by atoms with Crippen LogP contribution in [0, 0.1) is 27.7 Å². The largest absolute Gasteiger partial charge is 0.352 e. The summed E-state index contributed by atoms with van der Waals surface area (Å²) in [7, 11) is 2.06. The number of aromatic nitrogens is 3. The van der Waals surface area contributed by atoms with Crippen LogP contribution in [0.4, 0.5) is 0 Å². The molecule has 0 atom stereocenters. The van der Waals surface area contributed by atoms with Gasteiger partial charge in [-0.15, -0.1) is 0 Å². The third kappa shape index (κ3) is 3.40. The molecule has 130 valence electrons. The number of nitrogens with zero attached hydrogens (tertiary/aromatic N) is 3. The number of benzene rings is 1. The van der Waals surface area contributed by atoms with Crippen LogP contribution in [0.1, 0.15) is 38.7 Å². The van der Waals surface area contributed by atoms with Gasteiger partial charge in [-0.1, -0.05) is 0 Å². The molecule has 2 heterocycles. The second kappa shape index (κ2) is 6.67. The van der Waals surface area contributed by atoms with Crippen LogP contribution >= 0.6 is 0 Å². The lowest BCUT2D eigenvalue weighted by molar-refractivity contribution is 0.0954. The van der Waals surface area contributed by atoms with Crippen molar-refractivity contribution in [2.45, 2.75) is 34.1 Å². The highest BCUT2D eigenvalue weighted by atomic mass is 16.1. The molecule has 1 amide bonds. The zero-order valence-electron chi connectivity index (χ0n) is 15.5. The minimum atomic E-state index is -0.0766. The van der Waals surface area contributed by atoms with Crippen molar-refractivity contribution in [3.8, 4) is 0 Å². The van der Waals surface area contributed by atoms with Crippen LogP contribution in [-0.2, 0) is 13.5 Å². The maximum atomic E-state index is 12.4. The van der Waals surface area contributed by atoms with E-state index >= 15 is 0 Å². The summed E-state index contributed by atoms with van der Waals surface area (Å²) in [5.41, 5.74) is 7.75. The molecule has 0 aliphatic heterocycles. The molecular formula is C20H24N4O. The van der Waals surface area contributed by atoms with Gasteiger partial charge >= 0.3 is 0 Å². The first-order valence-electron chi connectivity index (χ1n) is 8.52. The molecule has 0 spiro atoms. The van der Waals surface area contributed by atoms with Crippen molar-refractivity contribution in [3.63, 3.8) is 0 Å². The highest BCUT2D eigenvalue weighted by molar-refractivity contribution is 5.97. The van der Waals surface area contributed by atoms with E-state index in [1.165, 1.54) is 17.0 Å². The summed E-state index contributed by atoms with van der Waals surface area (Å²) in [6, 6.07) is 7.65. The summed E-state index contributed by atoms with van der Waals surface area (Å²) >= 11 is 0. The van der Waals surface area contributed by atoms with Crippen molar-refractivity contribution in [2.75, 3.05) is 6.54 Å². The van der Waals surface area contributed by atoms with Gasteiger partial charge in [-0.2, -0.15) is 0 Å². The lowest BCUT2D eigenvalue weighted by atomic mass is 10.1. The van der Waals surface area contributed by atoms with Crippen LogP contribution in [0.3, 0.4) is 0 Å². The minimum Gasteiger partial charge on any atom is -0.352 e. The Balaban J connectivity index is 1.69. The molecule has 5 nitrogen and oxygen atoms in total. The van der Waals surface area contributed by atoms with Crippen LogP contribution in [0.25, 0.3) is 11.0 Å². The summed E-state index contributed by atoms with van der Waals surface area (Å²) in [6.45, 7) is 8.68. The quantitative estimate of drug-likeness (QED) is 0.796. The van der Waals surface area contributed by atoms with E-state index in [0.717, 1.165) is 28.8 Å². The molecule has 5 heteroatoms. The summed E-state index contributed by atoms with van der Waals surface area (Å²) in [4.78, 5) is 21.4. The number of hydrogen-bond donors (Lipinski definition) is 1. The van der Waals surface area contributed by atoms with Gasteiger partial charge in [0.05, 0.1) is 22.4 Å². The van der Waals surface area contributed by atoms with Crippen molar-refractivity contribution >= 4 is 16.9 Å². The van der Waals surface area contributed by atoms with Gasteiger partial charge in [-0.3, -0.25) is 4.79 Å². The summed E-state index contributed by atoms with van der Waals surface area (Å²) in [6.07, 6.45) is 0.824. The maximum Gasteiger partial charge on any atom is 0.251 e. The Morgan fingerprint density at radius 1 is 1.04 bits per heavy atom. The number of hydrogen-bond acceptors (Lipinski definition) is 3. The second-order valence-corrected chi connectivity index (χ2v) is 6.56. The van der Waals surface area contributed by atoms with Crippen molar-refractivity contribution in [1.29, 1.82) is 0 Å². The molecule has 0 saturated heterocycles. The Labute approximate surface area is 148 Å². The van der Waals surface area contributed by atoms with Gasteiger partial charge in [0, 0.05) is 30.5 Å². The first-order valence-corrected chi connectivity index (χ1v) is 8.52. The number of carbonyl (C=O) groups excluding carboxylic acids is 1. The van der Waals surface area contributed by atoms with E-state index in [4.69, 9.17) is 0 Å². The van der Waals surface area contributed by atoms with E-state index in [0.29, 0.717) is 12.1 Å².